The van der Waals surface area contributed by atoms with Crippen molar-refractivity contribution in [2.24, 2.45) is 0 Å². The van der Waals surface area contributed by atoms with E-state index >= 15 is 0 Å². The van der Waals surface area contributed by atoms with Crippen molar-refractivity contribution in [2.75, 3.05) is 24.3 Å². The van der Waals surface area contributed by atoms with E-state index in [1.54, 1.807) is 4.68 Å². The lowest BCUT2D eigenvalue weighted by atomic mass is 9.85. The molecule has 1 aromatic heterocycles. The number of Topliss-reactive ketones (excluding diaryl/α,β-unsaturated/α-hetero) is 1. The van der Waals surface area contributed by atoms with E-state index in [0.717, 1.165) is 40.9 Å². The Balaban J connectivity index is 1.64. The maximum atomic E-state index is 12.9. The Morgan fingerprint density at radius 2 is 1.87 bits per heavy atom. The lowest BCUT2D eigenvalue weighted by molar-refractivity contribution is -0.116. The second-order valence-electron chi connectivity index (χ2n) is 7.86. The van der Waals surface area contributed by atoms with Crippen LogP contribution in [0.1, 0.15) is 30.9 Å². The molecule has 0 amide bonds. The molecule has 30 heavy (non-hydrogen) atoms. The van der Waals surface area contributed by atoms with Crippen LogP contribution in [-0.2, 0) is 4.79 Å². The maximum absolute atomic E-state index is 12.9. The molecule has 2 aliphatic rings. The number of anilines is 2. The van der Waals surface area contributed by atoms with Gasteiger partial charge in [0.15, 0.2) is 11.6 Å². The normalized spacial score (nSPS) is 18.0. The quantitative estimate of drug-likeness (QED) is 0.667. The molecule has 1 atom stereocenters. The molecular weight excluding hydrogens is 398 g/mol. The van der Waals surface area contributed by atoms with Crippen molar-refractivity contribution in [1.29, 1.82) is 0 Å². The number of hydrogen-bond donors (Lipinski definition) is 1. The first-order chi connectivity index (χ1) is 14.5. The molecule has 1 unspecified atom stereocenters. The third-order valence-corrected chi connectivity index (χ3v) is 6.05. The maximum Gasteiger partial charge on any atom is 0.226 e. The van der Waals surface area contributed by atoms with Crippen molar-refractivity contribution in [3.8, 4) is 11.4 Å². The Bertz CT molecular complexity index is 1160. The molecule has 1 aliphatic carbocycles. The number of allylic oxidation sites excluding steroid dienone is 2. The van der Waals surface area contributed by atoms with Crippen LogP contribution in [0, 0.1) is 0 Å². The molecular formula is C23H22ClN5O. The zero-order valence-corrected chi connectivity index (χ0v) is 17.6. The average Bonchev–Trinajstić information content (AvgIpc) is 3.17. The number of aromatic nitrogens is 3. The Morgan fingerprint density at radius 1 is 1.10 bits per heavy atom. The molecule has 0 spiro atoms. The minimum absolute atomic E-state index is 0.145. The van der Waals surface area contributed by atoms with Gasteiger partial charge in [0.05, 0.1) is 0 Å². The minimum atomic E-state index is -0.375. The smallest absolute Gasteiger partial charge is 0.226 e. The highest BCUT2D eigenvalue weighted by molar-refractivity contribution is 6.31. The molecule has 2 heterocycles. The third kappa shape index (κ3) is 3.08. The van der Waals surface area contributed by atoms with Crippen molar-refractivity contribution in [3.63, 3.8) is 0 Å². The molecule has 5 rings (SSSR count). The first-order valence-corrected chi connectivity index (χ1v) is 10.4. The number of halogens is 1. The largest absolute Gasteiger partial charge is 0.378 e. The van der Waals surface area contributed by atoms with Crippen molar-refractivity contribution in [1.82, 2.24) is 14.8 Å². The summed E-state index contributed by atoms with van der Waals surface area (Å²) in [4.78, 5) is 19.7. The van der Waals surface area contributed by atoms with E-state index < -0.39 is 0 Å². The Morgan fingerprint density at radius 3 is 2.60 bits per heavy atom. The van der Waals surface area contributed by atoms with Gasteiger partial charge in [0.2, 0.25) is 5.95 Å². The van der Waals surface area contributed by atoms with Crippen LogP contribution in [0.15, 0.2) is 59.8 Å². The van der Waals surface area contributed by atoms with E-state index in [1.807, 2.05) is 67.5 Å². The van der Waals surface area contributed by atoms with Crippen LogP contribution in [0.25, 0.3) is 11.4 Å². The second kappa shape index (κ2) is 7.29. The van der Waals surface area contributed by atoms with Crippen LogP contribution in [0.3, 0.4) is 0 Å². The van der Waals surface area contributed by atoms with Gasteiger partial charge in [0.25, 0.3) is 0 Å². The van der Waals surface area contributed by atoms with E-state index in [1.165, 1.54) is 0 Å². The van der Waals surface area contributed by atoms with Gasteiger partial charge in [-0.2, -0.15) is 4.98 Å². The molecule has 2 aromatic carbocycles. The number of rotatable bonds is 3. The van der Waals surface area contributed by atoms with E-state index in [-0.39, 0.29) is 11.8 Å². The number of hydrogen-bond acceptors (Lipinski definition) is 5. The first kappa shape index (κ1) is 18.9. The molecule has 6 nitrogen and oxygen atoms in total. The van der Waals surface area contributed by atoms with Crippen LogP contribution in [0.4, 0.5) is 11.6 Å². The predicted molar refractivity (Wildman–Crippen MR) is 119 cm³/mol. The zero-order chi connectivity index (χ0) is 20.8. The first-order valence-electron chi connectivity index (χ1n) is 10.0. The fraction of sp³-hybridized carbons (Fsp3) is 0.261. The zero-order valence-electron chi connectivity index (χ0n) is 16.9. The van der Waals surface area contributed by atoms with Crippen molar-refractivity contribution >= 4 is 29.0 Å². The van der Waals surface area contributed by atoms with Gasteiger partial charge < -0.3 is 10.2 Å². The lowest BCUT2D eigenvalue weighted by Gasteiger charge is -2.32. The van der Waals surface area contributed by atoms with Crippen molar-refractivity contribution < 1.29 is 4.79 Å². The highest BCUT2D eigenvalue weighted by Gasteiger charge is 2.37. The summed E-state index contributed by atoms with van der Waals surface area (Å²) in [5.41, 5.74) is 4.58. The summed E-state index contributed by atoms with van der Waals surface area (Å²) in [5, 5.41) is 8.79. The van der Waals surface area contributed by atoms with E-state index in [2.05, 4.69) is 5.32 Å². The summed E-state index contributed by atoms with van der Waals surface area (Å²) in [7, 11) is 4.02. The second-order valence-corrected chi connectivity index (χ2v) is 8.27. The van der Waals surface area contributed by atoms with Crippen LogP contribution in [0.5, 0.6) is 0 Å². The fourth-order valence-electron chi connectivity index (χ4n) is 4.17. The van der Waals surface area contributed by atoms with Gasteiger partial charge in [-0.25, -0.2) is 4.68 Å². The van der Waals surface area contributed by atoms with Gasteiger partial charge in [0.1, 0.15) is 6.04 Å². The lowest BCUT2D eigenvalue weighted by Crippen LogP contribution is -2.31. The SMILES string of the molecule is CN(C)c1ccc(-c2nc3n(n2)C(c2ccccc2Cl)C2=C(CCCC2=O)N3)cc1. The molecule has 3 aromatic rings. The Kier molecular flexibility index (Phi) is 4.59. The van der Waals surface area contributed by atoms with E-state index in [4.69, 9.17) is 21.7 Å². The van der Waals surface area contributed by atoms with Gasteiger partial charge in [-0.3, -0.25) is 4.79 Å². The molecule has 7 heteroatoms. The van der Waals surface area contributed by atoms with Crippen LogP contribution in [-0.4, -0.2) is 34.6 Å². The van der Waals surface area contributed by atoms with Gasteiger partial charge in [-0.15, -0.1) is 5.10 Å². The fourth-order valence-corrected chi connectivity index (χ4v) is 4.41. The highest BCUT2D eigenvalue weighted by atomic mass is 35.5. The number of carbonyl (C=O) groups is 1. The van der Waals surface area contributed by atoms with Crippen molar-refractivity contribution in [2.45, 2.75) is 25.3 Å². The number of benzene rings is 2. The molecule has 152 valence electrons. The molecule has 0 saturated heterocycles. The predicted octanol–water partition coefficient (Wildman–Crippen LogP) is 4.69. The number of carbonyl (C=O) groups excluding carboxylic acids is 1. The molecule has 0 saturated carbocycles. The number of nitrogens with one attached hydrogen (secondary N) is 1. The summed E-state index contributed by atoms with van der Waals surface area (Å²) in [6, 6.07) is 15.4. The van der Waals surface area contributed by atoms with Gasteiger partial charge >= 0.3 is 0 Å². The number of fused-ring (bicyclic) bond motifs is 1. The molecule has 1 aliphatic heterocycles. The number of ketones is 1. The van der Waals surface area contributed by atoms with Crippen LogP contribution in [0.2, 0.25) is 5.02 Å². The summed E-state index contributed by atoms with van der Waals surface area (Å²) in [6.07, 6.45) is 2.21. The van der Waals surface area contributed by atoms with Crippen LogP contribution >= 0.6 is 11.6 Å². The topological polar surface area (TPSA) is 63.1 Å². The Hall–Kier alpha value is -3.12. The monoisotopic (exact) mass is 419 g/mol. The summed E-state index contributed by atoms with van der Waals surface area (Å²) < 4.78 is 1.80. The highest BCUT2D eigenvalue weighted by Crippen LogP contribution is 2.42. The summed E-state index contributed by atoms with van der Waals surface area (Å²) >= 11 is 6.55. The molecule has 0 radical (unpaired) electrons. The van der Waals surface area contributed by atoms with Gasteiger partial charge in [0, 0.05) is 53.6 Å². The summed E-state index contributed by atoms with van der Waals surface area (Å²) in [5.74, 6) is 1.40. The van der Waals surface area contributed by atoms with Gasteiger partial charge in [-0.1, -0.05) is 29.8 Å². The van der Waals surface area contributed by atoms with Gasteiger partial charge in [-0.05, 0) is 43.2 Å². The van der Waals surface area contributed by atoms with E-state index in [0.29, 0.717) is 23.2 Å². The van der Waals surface area contributed by atoms with Crippen LogP contribution < -0.4 is 10.2 Å². The molecule has 0 bridgehead atoms. The standard InChI is InChI=1S/C23H22ClN5O/c1-28(2)15-12-10-14(11-13-15)22-26-23-25-18-8-5-9-19(30)20(18)21(29(23)27-22)16-6-3-4-7-17(16)24/h3-4,6-7,10-13,21H,5,8-9H2,1-2H3,(H,25,26,27). The number of nitrogens with zero attached hydrogens (tertiary/aromatic N) is 4. The van der Waals surface area contributed by atoms with E-state index in [9.17, 15) is 4.79 Å². The third-order valence-electron chi connectivity index (χ3n) is 5.71. The van der Waals surface area contributed by atoms with Crippen molar-refractivity contribution in [3.05, 3.63) is 70.4 Å². The molecule has 1 N–H and O–H groups in total. The average molecular weight is 420 g/mol. The summed E-state index contributed by atoms with van der Waals surface area (Å²) in [6.45, 7) is 0. The minimum Gasteiger partial charge on any atom is -0.378 e. The molecule has 0 fully saturated rings. The Labute approximate surface area is 180 Å².